The second-order valence-corrected chi connectivity index (χ2v) is 4.79. The van der Waals surface area contributed by atoms with Gasteiger partial charge in [-0.2, -0.15) is 4.98 Å². The highest BCUT2D eigenvalue weighted by Gasteiger charge is 2.15. The fourth-order valence-electron chi connectivity index (χ4n) is 1.97. The zero-order valence-corrected chi connectivity index (χ0v) is 11.3. The number of halogens is 1. The van der Waals surface area contributed by atoms with E-state index in [-0.39, 0.29) is 0 Å². The molecule has 3 rings (SSSR count). The topological polar surface area (TPSA) is 64.9 Å². The zero-order chi connectivity index (χ0) is 13.9. The molecule has 2 N–H and O–H groups in total. The molecule has 0 unspecified atom stereocenters. The third-order valence-electron chi connectivity index (χ3n) is 2.93. The molecule has 3 aromatic rings. The summed E-state index contributed by atoms with van der Waals surface area (Å²) >= 11 is 6.13. The van der Waals surface area contributed by atoms with E-state index in [1.54, 1.807) is 18.2 Å². The van der Waals surface area contributed by atoms with Crippen molar-refractivity contribution in [1.29, 1.82) is 0 Å². The highest BCUT2D eigenvalue weighted by atomic mass is 35.5. The lowest BCUT2D eigenvalue weighted by atomic mass is 10.1. The van der Waals surface area contributed by atoms with Crippen molar-refractivity contribution < 1.29 is 4.52 Å². The smallest absolute Gasteiger partial charge is 0.261 e. The fraction of sp³-hybridized carbons (Fsp3) is 0.0667. The van der Waals surface area contributed by atoms with Gasteiger partial charge in [-0.3, -0.25) is 0 Å². The first-order valence-corrected chi connectivity index (χ1v) is 6.52. The maximum absolute atomic E-state index is 6.13. The lowest BCUT2D eigenvalue weighted by molar-refractivity contribution is 0.424. The first-order chi connectivity index (χ1) is 9.74. The van der Waals surface area contributed by atoms with E-state index >= 15 is 0 Å². The fourth-order valence-corrected chi connectivity index (χ4v) is 2.23. The van der Waals surface area contributed by atoms with Gasteiger partial charge in [0.05, 0.1) is 10.6 Å². The Morgan fingerprint density at radius 2 is 1.85 bits per heavy atom. The number of rotatable bonds is 3. The van der Waals surface area contributed by atoms with E-state index in [0.717, 1.165) is 5.56 Å². The maximum atomic E-state index is 6.13. The number of benzene rings is 2. The van der Waals surface area contributed by atoms with Gasteiger partial charge in [0, 0.05) is 12.1 Å². The number of nitrogen functional groups attached to an aromatic ring is 1. The van der Waals surface area contributed by atoms with Crippen LogP contribution in [0.2, 0.25) is 5.02 Å². The maximum Gasteiger partial charge on any atom is 0.261 e. The van der Waals surface area contributed by atoms with Crippen LogP contribution >= 0.6 is 11.6 Å². The minimum Gasteiger partial charge on any atom is -0.398 e. The third kappa shape index (κ3) is 2.51. The molecule has 0 amide bonds. The standard InChI is InChI=1S/C15H12ClN3O/c16-11-7-4-8-12(17)14(11)15-18-13(19-20-15)9-10-5-2-1-3-6-10/h1-8H,9,17H2. The predicted octanol–water partition coefficient (Wildman–Crippen LogP) is 3.56. The molecule has 0 atom stereocenters. The summed E-state index contributed by atoms with van der Waals surface area (Å²) in [7, 11) is 0. The van der Waals surface area contributed by atoms with Crippen LogP contribution in [0.1, 0.15) is 11.4 Å². The van der Waals surface area contributed by atoms with E-state index in [1.165, 1.54) is 0 Å². The van der Waals surface area contributed by atoms with Crippen molar-refractivity contribution in [3.63, 3.8) is 0 Å². The van der Waals surface area contributed by atoms with E-state index in [4.69, 9.17) is 21.9 Å². The first-order valence-electron chi connectivity index (χ1n) is 6.15. The summed E-state index contributed by atoms with van der Waals surface area (Å²) in [4.78, 5) is 4.36. The summed E-state index contributed by atoms with van der Waals surface area (Å²) < 4.78 is 5.26. The van der Waals surface area contributed by atoms with Gasteiger partial charge in [0.2, 0.25) is 0 Å². The van der Waals surface area contributed by atoms with Crippen molar-refractivity contribution in [2.24, 2.45) is 0 Å². The Morgan fingerprint density at radius 3 is 2.60 bits per heavy atom. The first kappa shape index (κ1) is 12.7. The van der Waals surface area contributed by atoms with Crippen LogP contribution in [0.4, 0.5) is 5.69 Å². The number of nitrogens with two attached hydrogens (primary N) is 1. The van der Waals surface area contributed by atoms with Crippen LogP contribution in [0, 0.1) is 0 Å². The molecule has 0 radical (unpaired) electrons. The molecular formula is C15H12ClN3O. The highest BCUT2D eigenvalue weighted by molar-refractivity contribution is 6.33. The average molecular weight is 286 g/mol. The average Bonchev–Trinajstić information content (AvgIpc) is 2.88. The van der Waals surface area contributed by atoms with E-state index in [0.29, 0.717) is 34.4 Å². The Labute approximate surface area is 121 Å². The minimum atomic E-state index is 0.346. The van der Waals surface area contributed by atoms with Crippen LogP contribution in [0.15, 0.2) is 53.1 Å². The molecule has 0 aliphatic heterocycles. The van der Waals surface area contributed by atoms with Gasteiger partial charge < -0.3 is 10.3 Å². The lowest BCUT2D eigenvalue weighted by Gasteiger charge is -2.01. The van der Waals surface area contributed by atoms with E-state index in [2.05, 4.69) is 10.1 Å². The van der Waals surface area contributed by atoms with Crippen LogP contribution in [-0.4, -0.2) is 10.1 Å². The quantitative estimate of drug-likeness (QED) is 0.747. The van der Waals surface area contributed by atoms with Gasteiger partial charge in [-0.15, -0.1) is 0 Å². The van der Waals surface area contributed by atoms with Crippen molar-refractivity contribution in [1.82, 2.24) is 10.1 Å². The SMILES string of the molecule is Nc1cccc(Cl)c1-c1nc(Cc2ccccc2)no1. The normalized spacial score (nSPS) is 10.7. The number of nitrogens with zero attached hydrogens (tertiary/aromatic N) is 2. The Kier molecular flexibility index (Phi) is 3.39. The van der Waals surface area contributed by atoms with Crippen molar-refractivity contribution in [2.75, 3.05) is 5.73 Å². The van der Waals surface area contributed by atoms with Crippen molar-refractivity contribution >= 4 is 17.3 Å². The van der Waals surface area contributed by atoms with Gasteiger partial charge >= 0.3 is 0 Å². The van der Waals surface area contributed by atoms with Crippen molar-refractivity contribution in [3.05, 3.63) is 64.9 Å². The number of aromatic nitrogens is 2. The summed E-state index contributed by atoms with van der Waals surface area (Å²) in [6, 6.07) is 15.2. The second kappa shape index (κ2) is 5.35. The Bertz CT molecular complexity index is 705. The van der Waals surface area contributed by atoms with Crippen LogP contribution in [0.5, 0.6) is 0 Å². The molecule has 0 aliphatic rings. The molecule has 0 saturated carbocycles. The largest absolute Gasteiger partial charge is 0.398 e. The lowest BCUT2D eigenvalue weighted by Crippen LogP contribution is -1.92. The number of hydrogen-bond donors (Lipinski definition) is 1. The zero-order valence-electron chi connectivity index (χ0n) is 10.6. The molecule has 5 heteroatoms. The van der Waals surface area contributed by atoms with E-state index in [9.17, 15) is 0 Å². The Hall–Kier alpha value is -2.33. The molecule has 0 fully saturated rings. The molecule has 2 aromatic carbocycles. The van der Waals surface area contributed by atoms with E-state index in [1.807, 2.05) is 30.3 Å². The van der Waals surface area contributed by atoms with Crippen LogP contribution in [0.3, 0.4) is 0 Å². The number of anilines is 1. The van der Waals surface area contributed by atoms with Crippen LogP contribution in [-0.2, 0) is 6.42 Å². The second-order valence-electron chi connectivity index (χ2n) is 4.38. The van der Waals surface area contributed by atoms with Crippen LogP contribution < -0.4 is 5.73 Å². The highest BCUT2D eigenvalue weighted by Crippen LogP contribution is 2.31. The number of hydrogen-bond acceptors (Lipinski definition) is 4. The Morgan fingerprint density at radius 1 is 1.05 bits per heavy atom. The molecule has 20 heavy (non-hydrogen) atoms. The van der Waals surface area contributed by atoms with E-state index < -0.39 is 0 Å². The summed E-state index contributed by atoms with van der Waals surface area (Å²) in [6.07, 6.45) is 0.606. The van der Waals surface area contributed by atoms with Gasteiger partial charge in [-0.05, 0) is 17.7 Å². The molecule has 100 valence electrons. The molecule has 0 saturated heterocycles. The van der Waals surface area contributed by atoms with Gasteiger partial charge in [0.15, 0.2) is 5.82 Å². The minimum absolute atomic E-state index is 0.346. The van der Waals surface area contributed by atoms with Gasteiger partial charge in [0.1, 0.15) is 0 Å². The third-order valence-corrected chi connectivity index (χ3v) is 3.25. The molecular weight excluding hydrogens is 274 g/mol. The summed E-state index contributed by atoms with van der Waals surface area (Å²) in [5, 5.41) is 4.47. The van der Waals surface area contributed by atoms with Crippen molar-refractivity contribution in [2.45, 2.75) is 6.42 Å². The predicted molar refractivity (Wildman–Crippen MR) is 78.4 cm³/mol. The monoisotopic (exact) mass is 285 g/mol. The van der Waals surface area contributed by atoms with Crippen LogP contribution in [0.25, 0.3) is 11.5 Å². The summed E-state index contributed by atoms with van der Waals surface area (Å²) in [5.74, 6) is 0.949. The summed E-state index contributed by atoms with van der Waals surface area (Å²) in [5.41, 5.74) is 8.13. The Balaban J connectivity index is 1.91. The molecule has 0 aliphatic carbocycles. The molecule has 1 aromatic heterocycles. The van der Waals surface area contributed by atoms with Crippen molar-refractivity contribution in [3.8, 4) is 11.5 Å². The summed E-state index contributed by atoms with van der Waals surface area (Å²) in [6.45, 7) is 0. The van der Waals surface area contributed by atoms with Gasteiger partial charge in [0.25, 0.3) is 5.89 Å². The molecule has 0 spiro atoms. The van der Waals surface area contributed by atoms with Gasteiger partial charge in [-0.1, -0.05) is 53.2 Å². The molecule has 4 nitrogen and oxygen atoms in total. The van der Waals surface area contributed by atoms with Gasteiger partial charge in [-0.25, -0.2) is 0 Å². The molecule has 0 bridgehead atoms. The molecule has 1 heterocycles.